The first-order valence-electron chi connectivity index (χ1n) is 8.89. The number of carbonyl (C=O) groups is 1. The van der Waals surface area contributed by atoms with Gasteiger partial charge in [0.1, 0.15) is 4.83 Å². The fraction of sp³-hybridized carbons (Fsp3) is 0.667. The van der Waals surface area contributed by atoms with E-state index in [0.717, 1.165) is 46.5 Å². The Morgan fingerprint density at radius 1 is 1.42 bits per heavy atom. The van der Waals surface area contributed by atoms with Gasteiger partial charge in [0.25, 0.3) is 5.91 Å². The normalized spacial score (nSPS) is 22.0. The number of rotatable bonds is 4. The standard InChI is InChI=1S/C18H27N3O2S/c1-11(2)16-13-9-15(24-18(13)21(3)20-16)17(23)19-14-8-6-4-5-7-12(14)10-22/h9,11-12,14,22H,4-8,10H2,1-3H3,(H,19,23). The van der Waals surface area contributed by atoms with Crippen LogP contribution >= 0.6 is 11.3 Å². The Hall–Kier alpha value is -1.40. The van der Waals surface area contributed by atoms with Crippen molar-refractivity contribution >= 4 is 27.5 Å². The zero-order valence-corrected chi connectivity index (χ0v) is 15.5. The number of hydrogen-bond donors (Lipinski definition) is 2. The lowest BCUT2D eigenvalue weighted by Crippen LogP contribution is -2.40. The molecule has 2 aromatic heterocycles. The van der Waals surface area contributed by atoms with Crippen LogP contribution in [0.5, 0.6) is 0 Å². The molecule has 0 radical (unpaired) electrons. The molecule has 0 aliphatic heterocycles. The van der Waals surface area contributed by atoms with Crippen molar-refractivity contribution in [3.63, 3.8) is 0 Å². The second-order valence-corrected chi connectivity index (χ2v) is 8.18. The average molecular weight is 350 g/mol. The summed E-state index contributed by atoms with van der Waals surface area (Å²) in [6.45, 7) is 4.39. The molecule has 6 heteroatoms. The van der Waals surface area contributed by atoms with Crippen molar-refractivity contribution in [2.75, 3.05) is 6.61 Å². The molecule has 1 aliphatic carbocycles. The highest BCUT2D eigenvalue weighted by Gasteiger charge is 2.26. The molecule has 1 aliphatic rings. The molecule has 5 nitrogen and oxygen atoms in total. The summed E-state index contributed by atoms with van der Waals surface area (Å²) in [5.74, 6) is 0.495. The van der Waals surface area contributed by atoms with Gasteiger partial charge < -0.3 is 10.4 Å². The number of aliphatic hydroxyl groups excluding tert-OH is 1. The Labute approximate surface area is 147 Å². The summed E-state index contributed by atoms with van der Waals surface area (Å²) < 4.78 is 1.87. The van der Waals surface area contributed by atoms with E-state index in [-0.39, 0.29) is 24.5 Å². The molecular formula is C18H27N3O2S. The number of aromatic nitrogens is 2. The summed E-state index contributed by atoms with van der Waals surface area (Å²) in [7, 11) is 1.93. The van der Waals surface area contributed by atoms with E-state index in [1.807, 2.05) is 17.8 Å². The number of thiophene rings is 1. The average Bonchev–Trinajstić information content (AvgIpc) is 3.02. The number of hydrogen-bond acceptors (Lipinski definition) is 4. The second kappa shape index (κ2) is 7.23. The summed E-state index contributed by atoms with van der Waals surface area (Å²) in [5, 5.41) is 18.5. The van der Waals surface area contributed by atoms with Gasteiger partial charge in [0, 0.05) is 31.0 Å². The minimum atomic E-state index is -0.0174. The van der Waals surface area contributed by atoms with E-state index >= 15 is 0 Å². The van der Waals surface area contributed by atoms with Crippen molar-refractivity contribution in [2.45, 2.75) is 57.9 Å². The molecule has 2 atom stereocenters. The molecule has 1 amide bonds. The monoisotopic (exact) mass is 349 g/mol. The third-order valence-electron chi connectivity index (χ3n) is 5.02. The minimum Gasteiger partial charge on any atom is -0.396 e. The van der Waals surface area contributed by atoms with Crippen molar-refractivity contribution < 1.29 is 9.90 Å². The topological polar surface area (TPSA) is 67.2 Å². The van der Waals surface area contributed by atoms with Crippen LogP contribution in [0.2, 0.25) is 0 Å². The van der Waals surface area contributed by atoms with Crippen molar-refractivity contribution in [2.24, 2.45) is 13.0 Å². The van der Waals surface area contributed by atoms with Gasteiger partial charge in [0.15, 0.2) is 0 Å². The smallest absolute Gasteiger partial charge is 0.261 e. The molecule has 3 rings (SSSR count). The van der Waals surface area contributed by atoms with E-state index in [2.05, 4.69) is 24.3 Å². The van der Waals surface area contributed by atoms with Crippen LogP contribution < -0.4 is 5.32 Å². The van der Waals surface area contributed by atoms with E-state index in [9.17, 15) is 9.90 Å². The summed E-state index contributed by atoms with van der Waals surface area (Å²) in [4.78, 5) is 14.5. The third kappa shape index (κ3) is 3.35. The van der Waals surface area contributed by atoms with Crippen LogP contribution in [-0.4, -0.2) is 33.4 Å². The molecule has 2 aromatic rings. The first-order valence-corrected chi connectivity index (χ1v) is 9.71. The molecule has 0 spiro atoms. The summed E-state index contributed by atoms with van der Waals surface area (Å²) >= 11 is 1.50. The Morgan fingerprint density at radius 3 is 2.88 bits per heavy atom. The Bertz CT molecular complexity index is 719. The lowest BCUT2D eigenvalue weighted by molar-refractivity contribution is 0.0903. The molecule has 2 heterocycles. The molecule has 24 heavy (non-hydrogen) atoms. The number of nitrogens with one attached hydrogen (secondary N) is 1. The first-order chi connectivity index (χ1) is 11.5. The molecule has 1 fully saturated rings. The molecule has 0 aromatic carbocycles. The van der Waals surface area contributed by atoms with Crippen LogP contribution in [0.3, 0.4) is 0 Å². The van der Waals surface area contributed by atoms with E-state index in [1.54, 1.807) is 0 Å². The number of carbonyl (C=O) groups excluding carboxylic acids is 1. The molecule has 1 saturated carbocycles. The molecule has 2 unspecified atom stereocenters. The van der Waals surface area contributed by atoms with Crippen molar-refractivity contribution in [1.82, 2.24) is 15.1 Å². The van der Waals surface area contributed by atoms with Gasteiger partial charge in [-0.05, 0) is 24.8 Å². The maximum Gasteiger partial charge on any atom is 0.261 e. The largest absolute Gasteiger partial charge is 0.396 e. The maximum atomic E-state index is 12.7. The van der Waals surface area contributed by atoms with Gasteiger partial charge in [-0.2, -0.15) is 5.10 Å². The van der Waals surface area contributed by atoms with E-state index in [1.165, 1.54) is 17.8 Å². The number of nitrogens with zero attached hydrogens (tertiary/aromatic N) is 2. The van der Waals surface area contributed by atoms with Gasteiger partial charge in [-0.1, -0.05) is 33.1 Å². The highest BCUT2D eigenvalue weighted by atomic mass is 32.1. The number of aliphatic hydroxyl groups is 1. The van der Waals surface area contributed by atoms with Gasteiger partial charge in [-0.25, -0.2) is 0 Å². The van der Waals surface area contributed by atoms with Crippen molar-refractivity contribution in [3.8, 4) is 0 Å². The fourth-order valence-corrected chi connectivity index (χ4v) is 4.62. The molecule has 0 bridgehead atoms. The fourth-order valence-electron chi connectivity index (χ4n) is 3.64. The van der Waals surface area contributed by atoms with E-state index < -0.39 is 0 Å². The van der Waals surface area contributed by atoms with Crippen LogP contribution in [0, 0.1) is 5.92 Å². The van der Waals surface area contributed by atoms with Crippen LogP contribution in [0.4, 0.5) is 0 Å². The number of aryl methyl sites for hydroxylation is 1. The lowest BCUT2D eigenvalue weighted by atomic mass is 9.95. The quantitative estimate of drug-likeness (QED) is 0.831. The van der Waals surface area contributed by atoms with Crippen LogP contribution in [0.1, 0.15) is 67.2 Å². The maximum absolute atomic E-state index is 12.7. The molecule has 132 valence electrons. The van der Waals surface area contributed by atoms with Crippen LogP contribution in [0.25, 0.3) is 10.2 Å². The minimum absolute atomic E-state index is 0.0174. The van der Waals surface area contributed by atoms with Gasteiger partial charge in [-0.15, -0.1) is 11.3 Å². The summed E-state index contributed by atoms with van der Waals surface area (Å²) in [5.41, 5.74) is 1.05. The van der Waals surface area contributed by atoms with Crippen molar-refractivity contribution in [1.29, 1.82) is 0 Å². The summed E-state index contributed by atoms with van der Waals surface area (Å²) in [6.07, 6.45) is 5.41. The van der Waals surface area contributed by atoms with Gasteiger partial charge in [0.05, 0.1) is 10.6 Å². The third-order valence-corrected chi connectivity index (χ3v) is 6.22. The van der Waals surface area contributed by atoms with Gasteiger partial charge >= 0.3 is 0 Å². The highest BCUT2D eigenvalue weighted by molar-refractivity contribution is 7.20. The van der Waals surface area contributed by atoms with E-state index in [0.29, 0.717) is 5.92 Å². The van der Waals surface area contributed by atoms with Gasteiger partial charge in [0.2, 0.25) is 0 Å². The SMILES string of the molecule is CC(C)c1nn(C)c2sc(C(=O)NC3CCCCCC3CO)cc12. The van der Waals surface area contributed by atoms with Crippen LogP contribution in [-0.2, 0) is 7.05 Å². The second-order valence-electron chi connectivity index (χ2n) is 7.15. The first kappa shape index (κ1) is 17.4. The Balaban J connectivity index is 1.82. The zero-order valence-electron chi connectivity index (χ0n) is 14.7. The highest BCUT2D eigenvalue weighted by Crippen LogP contribution is 2.32. The number of amides is 1. The molecule has 2 N–H and O–H groups in total. The molecule has 0 saturated heterocycles. The Morgan fingerprint density at radius 2 is 2.17 bits per heavy atom. The predicted octanol–water partition coefficient (Wildman–Crippen LogP) is 3.43. The zero-order chi connectivity index (χ0) is 17.3. The van der Waals surface area contributed by atoms with Crippen LogP contribution in [0.15, 0.2) is 6.07 Å². The van der Waals surface area contributed by atoms with Gasteiger partial charge in [-0.3, -0.25) is 9.48 Å². The lowest BCUT2D eigenvalue weighted by Gasteiger charge is -2.24. The predicted molar refractivity (Wildman–Crippen MR) is 97.6 cm³/mol. The van der Waals surface area contributed by atoms with E-state index in [4.69, 9.17) is 0 Å². The Kier molecular flexibility index (Phi) is 5.25. The molecular weight excluding hydrogens is 322 g/mol. The van der Waals surface area contributed by atoms with Crippen molar-refractivity contribution in [3.05, 3.63) is 16.6 Å². The number of fused-ring (bicyclic) bond motifs is 1. The summed E-state index contributed by atoms with van der Waals surface area (Å²) in [6, 6.07) is 2.06.